The highest BCUT2D eigenvalue weighted by Crippen LogP contribution is 2.57. The third-order valence-electron chi connectivity index (χ3n) is 7.59. The molecule has 0 radical (unpaired) electrons. The van der Waals surface area contributed by atoms with Crippen molar-refractivity contribution in [3.05, 3.63) is 12.2 Å². The maximum absolute atomic E-state index is 13.2. The number of carbonyl (C=O) groups is 2. The molecular formula is C22H32O5. The van der Waals surface area contributed by atoms with Crippen molar-refractivity contribution in [1.29, 1.82) is 0 Å². The molecule has 0 aromatic heterocycles. The minimum absolute atomic E-state index is 0.0683. The summed E-state index contributed by atoms with van der Waals surface area (Å²) in [5, 5.41) is 0. The molecule has 0 spiro atoms. The Morgan fingerprint density at radius 3 is 2.67 bits per heavy atom. The van der Waals surface area contributed by atoms with Gasteiger partial charge in [0, 0.05) is 25.2 Å². The highest BCUT2D eigenvalue weighted by molar-refractivity contribution is 5.88. The molecule has 4 aliphatic rings. The first kappa shape index (κ1) is 19.1. The fourth-order valence-electron chi connectivity index (χ4n) is 6.21. The Morgan fingerprint density at radius 1 is 1.22 bits per heavy atom. The van der Waals surface area contributed by atoms with Gasteiger partial charge in [-0.15, -0.1) is 0 Å². The SMILES string of the molecule is C=C1CCC(=O)C2(C)OCC(C)C3CC(C)C(OC(C)=O)C4C(C1)OC2C34. The molecule has 3 heterocycles. The molecule has 3 saturated heterocycles. The Kier molecular flexibility index (Phi) is 4.75. The van der Waals surface area contributed by atoms with Gasteiger partial charge in [-0.2, -0.15) is 0 Å². The Bertz CT molecular complexity index is 657. The molecule has 1 saturated carbocycles. The lowest BCUT2D eigenvalue weighted by molar-refractivity contribution is -0.165. The number of ether oxygens (including phenoxy) is 3. The number of esters is 1. The average molecular weight is 376 g/mol. The largest absolute Gasteiger partial charge is 0.462 e. The molecule has 9 atom stereocenters. The monoisotopic (exact) mass is 376 g/mol. The van der Waals surface area contributed by atoms with Crippen molar-refractivity contribution < 1.29 is 23.8 Å². The van der Waals surface area contributed by atoms with Gasteiger partial charge in [0.25, 0.3) is 0 Å². The Labute approximate surface area is 161 Å². The first-order valence-electron chi connectivity index (χ1n) is 10.4. The molecule has 0 aromatic carbocycles. The zero-order valence-corrected chi connectivity index (χ0v) is 16.9. The second kappa shape index (κ2) is 6.70. The van der Waals surface area contributed by atoms with E-state index in [0.717, 1.165) is 18.4 Å². The van der Waals surface area contributed by atoms with E-state index in [-0.39, 0.29) is 47.8 Å². The van der Waals surface area contributed by atoms with Crippen LogP contribution in [0.15, 0.2) is 12.2 Å². The summed E-state index contributed by atoms with van der Waals surface area (Å²) in [6, 6.07) is 0. The van der Waals surface area contributed by atoms with Gasteiger partial charge in [0.05, 0.1) is 18.8 Å². The predicted molar refractivity (Wildman–Crippen MR) is 100.0 cm³/mol. The number of Topliss-reactive ketones (excluding diaryl/α,β-unsaturated/α-hetero) is 1. The summed E-state index contributed by atoms with van der Waals surface area (Å²) in [4.78, 5) is 25.0. The van der Waals surface area contributed by atoms with Crippen molar-refractivity contribution in [2.75, 3.05) is 6.61 Å². The number of carbonyl (C=O) groups excluding carboxylic acids is 2. The molecule has 3 aliphatic heterocycles. The van der Waals surface area contributed by atoms with Crippen molar-refractivity contribution in [3.63, 3.8) is 0 Å². The lowest BCUT2D eigenvalue weighted by atomic mass is 9.59. The fourth-order valence-corrected chi connectivity index (χ4v) is 6.21. The van der Waals surface area contributed by atoms with Crippen molar-refractivity contribution in [3.8, 4) is 0 Å². The Balaban J connectivity index is 1.82. The van der Waals surface area contributed by atoms with E-state index in [4.69, 9.17) is 14.2 Å². The van der Waals surface area contributed by atoms with Crippen LogP contribution in [0.3, 0.4) is 0 Å². The van der Waals surface area contributed by atoms with E-state index in [2.05, 4.69) is 20.4 Å². The molecule has 5 nitrogen and oxygen atoms in total. The van der Waals surface area contributed by atoms with Gasteiger partial charge in [-0.3, -0.25) is 9.59 Å². The summed E-state index contributed by atoms with van der Waals surface area (Å²) in [7, 11) is 0. The van der Waals surface area contributed by atoms with E-state index in [0.29, 0.717) is 31.3 Å². The van der Waals surface area contributed by atoms with Gasteiger partial charge in [-0.25, -0.2) is 0 Å². The van der Waals surface area contributed by atoms with Crippen LogP contribution < -0.4 is 0 Å². The maximum Gasteiger partial charge on any atom is 0.302 e. The number of rotatable bonds is 1. The zero-order chi connectivity index (χ0) is 19.5. The van der Waals surface area contributed by atoms with Crippen molar-refractivity contribution in [1.82, 2.24) is 0 Å². The number of ketones is 1. The maximum atomic E-state index is 13.2. The van der Waals surface area contributed by atoms with Crippen LogP contribution in [-0.4, -0.2) is 42.3 Å². The lowest BCUT2D eigenvalue weighted by Crippen LogP contribution is -2.54. The topological polar surface area (TPSA) is 61.8 Å². The molecule has 1 aliphatic carbocycles. The minimum atomic E-state index is -0.924. The molecule has 5 heteroatoms. The number of hydrogen-bond donors (Lipinski definition) is 0. The summed E-state index contributed by atoms with van der Waals surface area (Å²) in [5.41, 5.74) is 0.118. The molecule has 0 amide bonds. The van der Waals surface area contributed by atoms with Gasteiger partial charge in [0.2, 0.25) is 0 Å². The smallest absolute Gasteiger partial charge is 0.302 e. The van der Waals surface area contributed by atoms with Crippen molar-refractivity contribution >= 4 is 11.8 Å². The van der Waals surface area contributed by atoms with E-state index < -0.39 is 5.60 Å². The standard InChI is InChI=1S/C22H32O5/c1-11-6-7-17(24)22(5)21-18-15(13(3)10-25-22)9-12(2)20(26-14(4)23)19(18)16(8-11)27-21/h12-13,15-16,18-21H,1,6-10H2,2-5H3. The van der Waals surface area contributed by atoms with Gasteiger partial charge >= 0.3 is 5.97 Å². The van der Waals surface area contributed by atoms with Crippen LogP contribution in [0.1, 0.15) is 53.4 Å². The Hall–Kier alpha value is -1.20. The van der Waals surface area contributed by atoms with Crippen LogP contribution in [0.5, 0.6) is 0 Å². The average Bonchev–Trinajstić information content (AvgIpc) is 2.95. The normalized spacial score (nSPS) is 49.6. The first-order valence-corrected chi connectivity index (χ1v) is 10.4. The van der Waals surface area contributed by atoms with E-state index >= 15 is 0 Å². The third kappa shape index (κ3) is 2.98. The van der Waals surface area contributed by atoms with Gasteiger partial charge in [0.1, 0.15) is 11.7 Å². The van der Waals surface area contributed by atoms with Gasteiger partial charge in [-0.1, -0.05) is 26.0 Å². The van der Waals surface area contributed by atoms with Crippen LogP contribution in [0.4, 0.5) is 0 Å². The molecule has 150 valence electrons. The highest BCUT2D eigenvalue weighted by Gasteiger charge is 2.64. The summed E-state index contributed by atoms with van der Waals surface area (Å²) in [6.07, 6.45) is 2.33. The van der Waals surface area contributed by atoms with Crippen LogP contribution in [0.25, 0.3) is 0 Å². The minimum Gasteiger partial charge on any atom is -0.462 e. The van der Waals surface area contributed by atoms with Crippen molar-refractivity contribution in [2.24, 2.45) is 29.6 Å². The molecule has 9 unspecified atom stereocenters. The number of hydrogen-bond acceptors (Lipinski definition) is 5. The fraction of sp³-hybridized carbons (Fsp3) is 0.818. The van der Waals surface area contributed by atoms with Crippen LogP contribution >= 0.6 is 0 Å². The molecular weight excluding hydrogens is 344 g/mol. The van der Waals surface area contributed by atoms with E-state index in [1.165, 1.54) is 6.92 Å². The van der Waals surface area contributed by atoms with Gasteiger partial charge < -0.3 is 14.2 Å². The summed E-state index contributed by atoms with van der Waals surface area (Å²) in [5.74, 6) is 1.17. The molecule has 0 aromatic rings. The molecule has 0 N–H and O–H groups in total. The summed E-state index contributed by atoms with van der Waals surface area (Å²) >= 11 is 0. The van der Waals surface area contributed by atoms with E-state index in [9.17, 15) is 9.59 Å². The predicted octanol–water partition coefficient (Wildman–Crippen LogP) is 3.31. The number of fused-ring (bicyclic) bond motifs is 2. The second-order valence-corrected chi connectivity index (χ2v) is 9.47. The van der Waals surface area contributed by atoms with E-state index in [1.54, 1.807) is 0 Å². The molecule has 4 rings (SSSR count). The van der Waals surface area contributed by atoms with Crippen LogP contribution in [0, 0.1) is 29.6 Å². The third-order valence-corrected chi connectivity index (χ3v) is 7.59. The highest BCUT2D eigenvalue weighted by atomic mass is 16.6. The first-order chi connectivity index (χ1) is 12.7. The Morgan fingerprint density at radius 2 is 1.96 bits per heavy atom. The second-order valence-electron chi connectivity index (χ2n) is 9.47. The lowest BCUT2D eigenvalue weighted by Gasteiger charge is -2.46. The van der Waals surface area contributed by atoms with Crippen LogP contribution in [-0.2, 0) is 23.8 Å². The summed E-state index contributed by atoms with van der Waals surface area (Å²) in [6.45, 7) is 12.6. The zero-order valence-electron chi connectivity index (χ0n) is 16.9. The van der Waals surface area contributed by atoms with Crippen molar-refractivity contribution in [2.45, 2.75) is 77.3 Å². The molecule has 4 fully saturated rings. The van der Waals surface area contributed by atoms with E-state index in [1.807, 2.05) is 6.92 Å². The van der Waals surface area contributed by atoms with Gasteiger partial charge in [0.15, 0.2) is 5.78 Å². The molecule has 27 heavy (non-hydrogen) atoms. The van der Waals surface area contributed by atoms with Crippen LogP contribution in [0.2, 0.25) is 0 Å². The summed E-state index contributed by atoms with van der Waals surface area (Å²) < 4.78 is 18.7. The van der Waals surface area contributed by atoms with Gasteiger partial charge in [-0.05, 0) is 43.9 Å². The molecule has 2 bridgehead atoms. The quantitative estimate of drug-likeness (QED) is 0.519.